The van der Waals surface area contributed by atoms with Gasteiger partial charge in [0.05, 0.1) is 11.3 Å². The number of rotatable bonds is 3. The van der Waals surface area contributed by atoms with Crippen molar-refractivity contribution in [3.8, 4) is 6.07 Å². The summed E-state index contributed by atoms with van der Waals surface area (Å²) in [5.74, 6) is -1.19. The van der Waals surface area contributed by atoms with Crippen LogP contribution < -0.4 is 4.90 Å². The van der Waals surface area contributed by atoms with Crippen molar-refractivity contribution in [2.45, 2.75) is 39.3 Å². The molecule has 6 nitrogen and oxygen atoms in total. The van der Waals surface area contributed by atoms with Crippen molar-refractivity contribution in [1.82, 2.24) is 0 Å². The van der Waals surface area contributed by atoms with Crippen LogP contribution in [0.25, 0.3) is 0 Å². The summed E-state index contributed by atoms with van der Waals surface area (Å²) >= 11 is 0. The summed E-state index contributed by atoms with van der Waals surface area (Å²) in [6.07, 6.45) is -0.805. The van der Waals surface area contributed by atoms with Crippen molar-refractivity contribution < 1.29 is 19.4 Å². The Morgan fingerprint density at radius 1 is 1.33 bits per heavy atom. The molecule has 0 saturated heterocycles. The Balaban J connectivity index is 3.30. The number of benzene rings is 1. The number of para-hydroxylation sites is 1. The first-order valence-electron chi connectivity index (χ1n) is 6.41. The molecule has 0 unspecified atom stereocenters. The minimum absolute atomic E-state index is 0.205. The molecule has 0 saturated carbocycles. The summed E-state index contributed by atoms with van der Waals surface area (Å²) in [7, 11) is 0. The number of hydrogen-bond donors (Lipinski definition) is 1. The van der Waals surface area contributed by atoms with Gasteiger partial charge < -0.3 is 9.84 Å². The molecule has 1 atom stereocenters. The number of nitriles is 1. The number of anilines is 1. The third-order valence-corrected chi connectivity index (χ3v) is 2.62. The molecule has 1 amide bonds. The van der Waals surface area contributed by atoms with Crippen LogP contribution in [0.2, 0.25) is 0 Å². The van der Waals surface area contributed by atoms with Crippen LogP contribution in [0.5, 0.6) is 0 Å². The summed E-state index contributed by atoms with van der Waals surface area (Å²) < 4.78 is 5.24. The lowest BCUT2D eigenvalue weighted by molar-refractivity contribution is -0.138. The maximum Gasteiger partial charge on any atom is 0.415 e. The van der Waals surface area contributed by atoms with Gasteiger partial charge in [-0.05, 0) is 39.8 Å². The van der Waals surface area contributed by atoms with E-state index in [9.17, 15) is 14.7 Å². The SMILES string of the molecule is C[C@@H](C(=O)O)N(C(=O)OC(C)(C)C)c1ccccc1C#N. The van der Waals surface area contributed by atoms with E-state index < -0.39 is 23.7 Å². The van der Waals surface area contributed by atoms with Crippen LogP contribution in [0, 0.1) is 11.3 Å². The Labute approximate surface area is 123 Å². The van der Waals surface area contributed by atoms with Gasteiger partial charge in [0.15, 0.2) is 0 Å². The Morgan fingerprint density at radius 2 is 1.90 bits per heavy atom. The molecular formula is C15H18N2O4. The molecule has 0 aliphatic heterocycles. The highest BCUT2D eigenvalue weighted by Gasteiger charge is 2.32. The van der Waals surface area contributed by atoms with Crippen molar-refractivity contribution in [1.29, 1.82) is 5.26 Å². The second-order valence-electron chi connectivity index (χ2n) is 5.49. The highest BCUT2D eigenvalue weighted by molar-refractivity contribution is 5.96. The Kier molecular flexibility index (Phi) is 4.93. The van der Waals surface area contributed by atoms with E-state index in [1.165, 1.54) is 19.1 Å². The number of hydrogen-bond acceptors (Lipinski definition) is 4. The van der Waals surface area contributed by atoms with Crippen LogP contribution >= 0.6 is 0 Å². The molecule has 21 heavy (non-hydrogen) atoms. The zero-order valence-corrected chi connectivity index (χ0v) is 12.5. The average Bonchev–Trinajstić information content (AvgIpc) is 2.37. The Bertz CT molecular complexity index is 584. The molecular weight excluding hydrogens is 272 g/mol. The first-order chi connectivity index (χ1) is 9.67. The molecule has 0 fully saturated rings. The molecule has 0 aromatic heterocycles. The van der Waals surface area contributed by atoms with Crippen LogP contribution in [0.1, 0.15) is 33.3 Å². The summed E-state index contributed by atoms with van der Waals surface area (Å²) in [5.41, 5.74) is -0.351. The van der Waals surface area contributed by atoms with E-state index in [-0.39, 0.29) is 11.3 Å². The molecule has 0 aliphatic carbocycles. The summed E-state index contributed by atoms with van der Waals surface area (Å²) in [6.45, 7) is 6.42. The van der Waals surface area contributed by atoms with Gasteiger partial charge in [0.1, 0.15) is 17.7 Å². The lowest BCUT2D eigenvalue weighted by atomic mass is 10.1. The first kappa shape index (κ1) is 16.5. The zero-order chi connectivity index (χ0) is 16.2. The molecule has 0 heterocycles. The van der Waals surface area contributed by atoms with Gasteiger partial charge in [-0.25, -0.2) is 9.59 Å². The van der Waals surface area contributed by atoms with Crippen LogP contribution in [-0.2, 0) is 9.53 Å². The fraction of sp³-hybridized carbons (Fsp3) is 0.400. The molecule has 0 radical (unpaired) electrons. The number of carbonyl (C=O) groups is 2. The monoisotopic (exact) mass is 290 g/mol. The topological polar surface area (TPSA) is 90.6 Å². The number of amides is 1. The molecule has 6 heteroatoms. The molecule has 1 aromatic carbocycles. The predicted molar refractivity (Wildman–Crippen MR) is 77.0 cm³/mol. The largest absolute Gasteiger partial charge is 0.480 e. The summed E-state index contributed by atoms with van der Waals surface area (Å²) in [4.78, 5) is 24.5. The van der Waals surface area contributed by atoms with Gasteiger partial charge in [0.25, 0.3) is 0 Å². The number of ether oxygens (including phenoxy) is 1. The van der Waals surface area contributed by atoms with Crippen LogP contribution in [0.15, 0.2) is 24.3 Å². The van der Waals surface area contributed by atoms with Gasteiger partial charge in [-0.15, -0.1) is 0 Å². The second kappa shape index (κ2) is 6.27. The molecule has 0 aliphatic rings. The van der Waals surface area contributed by atoms with Crippen LogP contribution in [0.4, 0.5) is 10.5 Å². The molecule has 0 spiro atoms. The predicted octanol–water partition coefficient (Wildman–Crippen LogP) is 2.77. The smallest absolute Gasteiger partial charge is 0.415 e. The fourth-order valence-electron chi connectivity index (χ4n) is 1.66. The standard InChI is InChI=1S/C15H18N2O4/c1-10(13(18)19)17(14(20)21-15(2,3)4)12-8-6-5-7-11(12)9-16/h5-8,10H,1-4H3,(H,18,19)/t10-/m0/s1. The number of carboxylic acids is 1. The first-order valence-corrected chi connectivity index (χ1v) is 6.41. The van der Waals surface area contributed by atoms with E-state index in [1.54, 1.807) is 32.9 Å². The molecule has 112 valence electrons. The minimum Gasteiger partial charge on any atom is -0.480 e. The van der Waals surface area contributed by atoms with Gasteiger partial charge in [0.2, 0.25) is 0 Å². The lowest BCUT2D eigenvalue weighted by Gasteiger charge is -2.30. The number of aliphatic carboxylic acids is 1. The fourth-order valence-corrected chi connectivity index (χ4v) is 1.66. The molecule has 1 rings (SSSR count). The maximum atomic E-state index is 12.3. The van der Waals surface area contributed by atoms with Gasteiger partial charge in [-0.3, -0.25) is 4.90 Å². The average molecular weight is 290 g/mol. The van der Waals surface area contributed by atoms with E-state index in [0.29, 0.717) is 0 Å². The molecule has 1 N–H and O–H groups in total. The van der Waals surface area contributed by atoms with Crippen molar-refractivity contribution in [3.63, 3.8) is 0 Å². The highest BCUT2D eigenvalue weighted by atomic mass is 16.6. The summed E-state index contributed by atoms with van der Waals surface area (Å²) in [5, 5.41) is 18.3. The number of nitrogens with zero attached hydrogens (tertiary/aromatic N) is 2. The number of carbonyl (C=O) groups excluding carboxylic acids is 1. The van der Waals surface area contributed by atoms with Gasteiger partial charge in [-0.1, -0.05) is 12.1 Å². The normalized spacial score (nSPS) is 12.1. The van der Waals surface area contributed by atoms with E-state index in [0.717, 1.165) is 4.90 Å². The second-order valence-corrected chi connectivity index (χ2v) is 5.49. The lowest BCUT2D eigenvalue weighted by Crippen LogP contribution is -2.46. The zero-order valence-electron chi connectivity index (χ0n) is 12.5. The van der Waals surface area contributed by atoms with Gasteiger partial charge >= 0.3 is 12.1 Å². The Morgan fingerprint density at radius 3 is 2.38 bits per heavy atom. The number of carboxylic acid groups (broad SMARTS) is 1. The summed E-state index contributed by atoms with van der Waals surface area (Å²) in [6, 6.07) is 7.08. The van der Waals surface area contributed by atoms with E-state index in [1.807, 2.05) is 6.07 Å². The van der Waals surface area contributed by atoms with Crippen molar-refractivity contribution in [2.24, 2.45) is 0 Å². The van der Waals surface area contributed by atoms with E-state index in [2.05, 4.69) is 0 Å². The Hall–Kier alpha value is -2.55. The molecule has 1 aromatic rings. The minimum atomic E-state index is -1.19. The molecule has 0 bridgehead atoms. The quantitative estimate of drug-likeness (QED) is 0.924. The van der Waals surface area contributed by atoms with E-state index >= 15 is 0 Å². The van der Waals surface area contributed by atoms with Crippen molar-refractivity contribution >= 4 is 17.7 Å². The van der Waals surface area contributed by atoms with Crippen LogP contribution in [-0.4, -0.2) is 28.8 Å². The van der Waals surface area contributed by atoms with Crippen LogP contribution in [0.3, 0.4) is 0 Å². The van der Waals surface area contributed by atoms with Crippen molar-refractivity contribution in [3.05, 3.63) is 29.8 Å². The van der Waals surface area contributed by atoms with Crippen molar-refractivity contribution in [2.75, 3.05) is 4.90 Å². The third kappa shape index (κ3) is 4.21. The maximum absolute atomic E-state index is 12.3. The third-order valence-electron chi connectivity index (χ3n) is 2.62. The highest BCUT2D eigenvalue weighted by Crippen LogP contribution is 2.24. The van der Waals surface area contributed by atoms with E-state index in [4.69, 9.17) is 10.00 Å². The van der Waals surface area contributed by atoms with Gasteiger partial charge in [-0.2, -0.15) is 5.26 Å². The van der Waals surface area contributed by atoms with Gasteiger partial charge in [0, 0.05) is 0 Å².